The van der Waals surface area contributed by atoms with Gasteiger partial charge in [-0.05, 0) is 26.8 Å². The van der Waals surface area contributed by atoms with Crippen LogP contribution in [0.2, 0.25) is 0 Å². The lowest BCUT2D eigenvalue weighted by Crippen LogP contribution is -2.48. The highest BCUT2D eigenvalue weighted by Gasteiger charge is 2.36. The molecule has 0 aliphatic heterocycles. The van der Waals surface area contributed by atoms with Crippen molar-refractivity contribution in [3.8, 4) is 0 Å². The van der Waals surface area contributed by atoms with E-state index >= 15 is 0 Å². The van der Waals surface area contributed by atoms with E-state index in [0.717, 1.165) is 0 Å². The van der Waals surface area contributed by atoms with Gasteiger partial charge in [0.1, 0.15) is 5.69 Å². The number of hydrogen-bond donors (Lipinski definition) is 0. The molecule has 21 heavy (non-hydrogen) atoms. The average molecular weight is 305 g/mol. The monoisotopic (exact) mass is 305 g/mol. The van der Waals surface area contributed by atoms with Crippen LogP contribution in [0.15, 0.2) is 6.07 Å². The van der Waals surface area contributed by atoms with E-state index in [2.05, 4.69) is 9.97 Å². The Morgan fingerprint density at radius 1 is 1.33 bits per heavy atom. The first-order valence-corrected chi connectivity index (χ1v) is 6.19. The molecule has 1 amide bonds. The van der Waals surface area contributed by atoms with Gasteiger partial charge in [0.25, 0.3) is 5.91 Å². The Hall–Kier alpha value is -1.70. The lowest BCUT2D eigenvalue weighted by atomic mass is 10.0. The summed E-state index contributed by atoms with van der Waals surface area (Å²) in [7, 11) is 2.97. The van der Waals surface area contributed by atoms with Gasteiger partial charge in [-0.3, -0.25) is 4.79 Å². The van der Waals surface area contributed by atoms with Crippen LogP contribution in [0.1, 0.15) is 35.9 Å². The van der Waals surface area contributed by atoms with Gasteiger partial charge in [-0.2, -0.15) is 13.2 Å². The van der Waals surface area contributed by atoms with Crippen LogP contribution in [0, 0.1) is 6.92 Å². The van der Waals surface area contributed by atoms with Crippen LogP contribution in [0.5, 0.6) is 0 Å². The molecule has 0 aliphatic rings. The minimum atomic E-state index is -4.69. The molecule has 1 aromatic heterocycles. The maximum Gasteiger partial charge on any atom is 0.451 e. The van der Waals surface area contributed by atoms with Gasteiger partial charge in [0.15, 0.2) is 0 Å². The van der Waals surface area contributed by atoms with Crippen molar-refractivity contribution in [1.82, 2.24) is 14.9 Å². The lowest BCUT2D eigenvalue weighted by Gasteiger charge is -2.34. The van der Waals surface area contributed by atoms with Crippen LogP contribution in [-0.4, -0.2) is 47.1 Å². The van der Waals surface area contributed by atoms with E-state index in [0.29, 0.717) is 0 Å². The molecule has 0 radical (unpaired) electrons. The SMILES string of the molecule is COCC(C)(C)N(C)C(=O)c1cc(C)nc(C(F)(F)F)n1. The fourth-order valence-corrected chi connectivity index (χ4v) is 1.70. The molecule has 0 saturated heterocycles. The summed E-state index contributed by atoms with van der Waals surface area (Å²) in [5.41, 5.74) is -0.886. The van der Waals surface area contributed by atoms with Gasteiger partial charge in [-0.25, -0.2) is 9.97 Å². The average Bonchev–Trinajstić information content (AvgIpc) is 2.35. The van der Waals surface area contributed by atoms with Crippen molar-refractivity contribution in [2.45, 2.75) is 32.5 Å². The summed E-state index contributed by atoms with van der Waals surface area (Å²) in [6.07, 6.45) is -4.69. The molecule has 5 nitrogen and oxygen atoms in total. The predicted molar refractivity (Wildman–Crippen MR) is 69.8 cm³/mol. The Morgan fingerprint density at radius 2 is 1.90 bits per heavy atom. The van der Waals surface area contributed by atoms with E-state index in [1.165, 1.54) is 32.0 Å². The molecule has 0 aromatic carbocycles. The smallest absolute Gasteiger partial charge is 0.382 e. The standard InChI is InChI=1S/C13H18F3N3O2/c1-8-6-9(18-11(17-8)13(14,15)16)10(20)19(4)12(2,3)7-21-5/h6H,7H2,1-5H3. The summed E-state index contributed by atoms with van der Waals surface area (Å²) in [4.78, 5) is 20.3. The number of ether oxygens (including phenoxy) is 1. The first-order chi connectivity index (χ1) is 9.49. The molecule has 1 aromatic rings. The maximum atomic E-state index is 12.7. The Morgan fingerprint density at radius 3 is 2.38 bits per heavy atom. The van der Waals surface area contributed by atoms with Gasteiger partial charge < -0.3 is 9.64 Å². The van der Waals surface area contributed by atoms with Crippen molar-refractivity contribution in [3.63, 3.8) is 0 Å². The van der Waals surface area contributed by atoms with Crippen molar-refractivity contribution < 1.29 is 22.7 Å². The van der Waals surface area contributed by atoms with Crippen LogP contribution in [-0.2, 0) is 10.9 Å². The number of carbonyl (C=O) groups excluding carboxylic acids is 1. The van der Waals surface area contributed by atoms with E-state index in [1.54, 1.807) is 13.8 Å². The number of hydrogen-bond acceptors (Lipinski definition) is 4. The number of amides is 1. The highest BCUT2D eigenvalue weighted by Crippen LogP contribution is 2.26. The molecule has 1 heterocycles. The second-order valence-corrected chi connectivity index (χ2v) is 5.33. The van der Waals surface area contributed by atoms with E-state index in [4.69, 9.17) is 4.74 Å². The fraction of sp³-hybridized carbons (Fsp3) is 0.615. The van der Waals surface area contributed by atoms with Gasteiger partial charge >= 0.3 is 6.18 Å². The largest absolute Gasteiger partial charge is 0.451 e. The molecule has 0 saturated carbocycles. The highest BCUT2D eigenvalue weighted by atomic mass is 19.4. The van der Waals surface area contributed by atoms with Gasteiger partial charge in [0.2, 0.25) is 5.82 Å². The van der Waals surface area contributed by atoms with Gasteiger partial charge in [0, 0.05) is 19.9 Å². The van der Waals surface area contributed by atoms with Gasteiger partial charge in [0.05, 0.1) is 12.1 Å². The topological polar surface area (TPSA) is 55.3 Å². The number of nitrogens with zero attached hydrogens (tertiary/aromatic N) is 3. The zero-order valence-electron chi connectivity index (χ0n) is 12.6. The van der Waals surface area contributed by atoms with Gasteiger partial charge in [-0.15, -0.1) is 0 Å². The fourth-order valence-electron chi connectivity index (χ4n) is 1.70. The van der Waals surface area contributed by atoms with Crippen LogP contribution < -0.4 is 0 Å². The van der Waals surface area contributed by atoms with Crippen molar-refractivity contribution in [2.24, 2.45) is 0 Å². The van der Waals surface area contributed by atoms with Crippen molar-refractivity contribution in [3.05, 3.63) is 23.3 Å². The summed E-state index contributed by atoms with van der Waals surface area (Å²) >= 11 is 0. The Labute approximate surface area is 121 Å². The number of alkyl halides is 3. The van der Waals surface area contributed by atoms with E-state index < -0.39 is 23.4 Å². The first kappa shape index (κ1) is 17.4. The Kier molecular flexibility index (Phi) is 4.93. The summed E-state index contributed by atoms with van der Waals surface area (Å²) in [5.74, 6) is -1.93. The number of aromatic nitrogens is 2. The molecular weight excluding hydrogens is 287 g/mol. The van der Waals surface area contributed by atoms with Crippen molar-refractivity contribution >= 4 is 5.91 Å². The summed E-state index contributed by atoms with van der Waals surface area (Å²) < 4.78 is 43.1. The second kappa shape index (κ2) is 5.97. The molecule has 0 bridgehead atoms. The number of likely N-dealkylation sites (N-methyl/N-ethyl adjacent to an activating group) is 1. The molecule has 1 rings (SSSR count). The van der Waals surface area contributed by atoms with E-state index in [1.807, 2.05) is 0 Å². The van der Waals surface area contributed by atoms with Crippen molar-refractivity contribution in [1.29, 1.82) is 0 Å². The van der Waals surface area contributed by atoms with Crippen LogP contribution in [0.4, 0.5) is 13.2 Å². The number of rotatable bonds is 4. The highest BCUT2D eigenvalue weighted by molar-refractivity contribution is 5.92. The summed E-state index contributed by atoms with van der Waals surface area (Å²) in [5, 5.41) is 0. The zero-order valence-corrected chi connectivity index (χ0v) is 12.6. The number of halogens is 3. The minimum absolute atomic E-state index is 0.0821. The number of methoxy groups -OCH3 is 1. The number of carbonyl (C=O) groups is 1. The summed E-state index contributed by atoms with van der Waals surface area (Å²) in [6, 6.07) is 1.23. The first-order valence-electron chi connectivity index (χ1n) is 6.19. The lowest BCUT2D eigenvalue weighted by molar-refractivity contribution is -0.145. The molecule has 0 aliphatic carbocycles. The molecule has 0 N–H and O–H groups in total. The van der Waals surface area contributed by atoms with Crippen LogP contribution >= 0.6 is 0 Å². The molecule has 0 atom stereocenters. The molecule has 118 valence electrons. The van der Waals surface area contributed by atoms with Crippen molar-refractivity contribution in [2.75, 3.05) is 20.8 Å². The minimum Gasteiger partial charge on any atom is -0.382 e. The van der Waals surface area contributed by atoms with Crippen LogP contribution in [0.25, 0.3) is 0 Å². The second-order valence-electron chi connectivity index (χ2n) is 5.33. The molecule has 8 heteroatoms. The normalized spacial score (nSPS) is 12.4. The Bertz CT molecular complexity index is 530. The summed E-state index contributed by atoms with van der Waals surface area (Å²) in [6.45, 7) is 5.11. The molecule has 0 fully saturated rings. The Balaban J connectivity index is 3.16. The number of aryl methyl sites for hydroxylation is 1. The molecule has 0 unspecified atom stereocenters. The maximum absolute atomic E-state index is 12.7. The third-order valence-electron chi connectivity index (χ3n) is 3.04. The molecule has 0 spiro atoms. The van der Waals surface area contributed by atoms with E-state index in [-0.39, 0.29) is 18.0 Å². The zero-order chi connectivity index (χ0) is 16.4. The quantitative estimate of drug-likeness (QED) is 0.856. The predicted octanol–water partition coefficient (Wildman–Crippen LogP) is 2.30. The third kappa shape index (κ3) is 4.13. The third-order valence-corrected chi connectivity index (χ3v) is 3.04. The van der Waals surface area contributed by atoms with E-state index in [9.17, 15) is 18.0 Å². The van der Waals surface area contributed by atoms with Gasteiger partial charge in [-0.1, -0.05) is 0 Å². The molecular formula is C13H18F3N3O2. The van der Waals surface area contributed by atoms with Crippen LogP contribution in [0.3, 0.4) is 0 Å².